The third kappa shape index (κ3) is 9.94. The van der Waals surface area contributed by atoms with Gasteiger partial charge in [-0.05, 0) is 59.6 Å². The summed E-state index contributed by atoms with van der Waals surface area (Å²) in [5.41, 5.74) is 1.57. The van der Waals surface area contributed by atoms with E-state index in [0.717, 1.165) is 11.1 Å². The van der Waals surface area contributed by atoms with E-state index in [4.69, 9.17) is 9.47 Å². The molecule has 1 aromatic carbocycles. The van der Waals surface area contributed by atoms with Crippen LogP contribution in [0.4, 0.5) is 4.79 Å². The maximum atomic E-state index is 13.4. The zero-order valence-electron chi connectivity index (χ0n) is 21.8. The summed E-state index contributed by atoms with van der Waals surface area (Å²) in [5.74, 6) is -1.54. The zero-order chi connectivity index (χ0) is 26.8. The van der Waals surface area contributed by atoms with E-state index in [-0.39, 0.29) is 26.1 Å². The van der Waals surface area contributed by atoms with Crippen molar-refractivity contribution in [2.24, 2.45) is 0 Å². The predicted molar refractivity (Wildman–Crippen MR) is 131 cm³/mol. The second-order valence-corrected chi connectivity index (χ2v) is 9.23. The summed E-state index contributed by atoms with van der Waals surface area (Å²) in [6.07, 6.45) is -0.798. The number of amides is 3. The molecule has 0 radical (unpaired) electrons. The Balaban J connectivity index is 3.24. The number of aliphatic hydroxyl groups is 1. The fourth-order valence-corrected chi connectivity index (χ4v) is 3.47. The van der Waals surface area contributed by atoms with Gasteiger partial charge in [-0.15, -0.1) is 0 Å². The molecule has 35 heavy (non-hydrogen) atoms. The fourth-order valence-electron chi connectivity index (χ4n) is 3.47. The molecule has 196 valence electrons. The molecule has 10 heteroatoms. The predicted octanol–water partition coefficient (Wildman–Crippen LogP) is 2.15. The van der Waals surface area contributed by atoms with E-state index in [1.54, 1.807) is 33.8 Å². The molecule has 10 nitrogen and oxygen atoms in total. The molecule has 0 bridgehead atoms. The van der Waals surface area contributed by atoms with Crippen molar-refractivity contribution in [2.75, 3.05) is 26.3 Å². The van der Waals surface area contributed by atoms with Crippen LogP contribution in [0.2, 0.25) is 0 Å². The minimum absolute atomic E-state index is 0.0198. The quantitative estimate of drug-likeness (QED) is 0.402. The van der Waals surface area contributed by atoms with Crippen LogP contribution in [0.1, 0.15) is 63.8 Å². The Morgan fingerprint density at radius 3 is 2.34 bits per heavy atom. The summed E-state index contributed by atoms with van der Waals surface area (Å²) in [7, 11) is 0. The largest absolute Gasteiger partial charge is 0.466 e. The molecule has 2 unspecified atom stereocenters. The Hall–Kier alpha value is -3.14. The van der Waals surface area contributed by atoms with Gasteiger partial charge in [0, 0.05) is 13.1 Å². The lowest BCUT2D eigenvalue weighted by atomic mass is 9.96. The number of benzene rings is 1. The van der Waals surface area contributed by atoms with Crippen molar-refractivity contribution in [1.82, 2.24) is 15.5 Å². The van der Waals surface area contributed by atoms with E-state index >= 15 is 0 Å². The lowest BCUT2D eigenvalue weighted by molar-refractivity contribution is -0.144. The van der Waals surface area contributed by atoms with E-state index < -0.39 is 48.2 Å². The number of hydrogen-bond acceptors (Lipinski definition) is 7. The van der Waals surface area contributed by atoms with Crippen LogP contribution in [0.25, 0.3) is 0 Å². The molecule has 2 atom stereocenters. The molecule has 0 fully saturated rings. The van der Waals surface area contributed by atoms with Crippen molar-refractivity contribution >= 4 is 23.9 Å². The van der Waals surface area contributed by atoms with Crippen molar-refractivity contribution in [2.45, 2.75) is 72.6 Å². The van der Waals surface area contributed by atoms with Crippen LogP contribution >= 0.6 is 0 Å². The Bertz CT molecular complexity index is 896. The highest BCUT2D eigenvalue weighted by Crippen LogP contribution is 2.26. The van der Waals surface area contributed by atoms with E-state index in [1.807, 2.05) is 26.0 Å². The average Bonchev–Trinajstić information content (AvgIpc) is 2.72. The van der Waals surface area contributed by atoms with Gasteiger partial charge in [0.25, 0.3) is 0 Å². The minimum atomic E-state index is -1.10. The summed E-state index contributed by atoms with van der Waals surface area (Å²) in [5, 5.41) is 14.9. The number of nitrogens with zero attached hydrogens (tertiary/aromatic N) is 1. The number of carbonyl (C=O) groups excluding carboxylic acids is 4. The first-order valence-corrected chi connectivity index (χ1v) is 11.7. The van der Waals surface area contributed by atoms with Crippen molar-refractivity contribution in [3.63, 3.8) is 0 Å². The molecule has 0 aliphatic rings. The Labute approximate surface area is 207 Å². The van der Waals surface area contributed by atoms with Gasteiger partial charge in [0.1, 0.15) is 17.7 Å². The number of hydrogen-bond donors (Lipinski definition) is 3. The number of carbonyl (C=O) groups is 4. The molecular weight excluding hydrogens is 454 g/mol. The minimum Gasteiger partial charge on any atom is -0.466 e. The van der Waals surface area contributed by atoms with Gasteiger partial charge in [-0.25, -0.2) is 4.79 Å². The highest BCUT2D eigenvalue weighted by molar-refractivity contribution is 5.92. The van der Waals surface area contributed by atoms with Gasteiger partial charge >= 0.3 is 12.1 Å². The number of aliphatic hydroxyl groups excluding tert-OH is 1. The van der Waals surface area contributed by atoms with E-state index in [0.29, 0.717) is 5.56 Å². The number of ether oxygens (including phenoxy) is 2. The van der Waals surface area contributed by atoms with Gasteiger partial charge in [-0.2, -0.15) is 0 Å². The normalized spacial score (nSPS) is 12.8. The fraction of sp³-hybridized carbons (Fsp3) is 0.600. The van der Waals surface area contributed by atoms with Gasteiger partial charge in [0.05, 0.1) is 19.6 Å². The lowest BCUT2D eigenvalue weighted by Gasteiger charge is -2.34. The molecule has 0 saturated heterocycles. The molecule has 0 spiro atoms. The molecule has 1 rings (SSSR count). The van der Waals surface area contributed by atoms with Crippen LogP contribution in [0, 0.1) is 13.8 Å². The number of rotatable bonds is 11. The number of aryl methyl sites for hydroxylation is 2. The highest BCUT2D eigenvalue weighted by Gasteiger charge is 2.35. The van der Waals surface area contributed by atoms with Gasteiger partial charge in [0.15, 0.2) is 0 Å². The Kier molecular flexibility index (Phi) is 11.7. The Morgan fingerprint density at radius 1 is 1.14 bits per heavy atom. The summed E-state index contributed by atoms with van der Waals surface area (Å²) in [4.78, 5) is 51.8. The molecule has 3 N–H and O–H groups in total. The van der Waals surface area contributed by atoms with Crippen LogP contribution in [-0.2, 0) is 23.9 Å². The second-order valence-electron chi connectivity index (χ2n) is 9.23. The average molecular weight is 494 g/mol. The summed E-state index contributed by atoms with van der Waals surface area (Å²) in [6, 6.07) is 3.34. The molecule has 3 amide bonds. The van der Waals surface area contributed by atoms with Crippen LogP contribution in [0.3, 0.4) is 0 Å². The highest BCUT2D eigenvalue weighted by atomic mass is 16.6. The van der Waals surface area contributed by atoms with Crippen LogP contribution in [0.5, 0.6) is 0 Å². The summed E-state index contributed by atoms with van der Waals surface area (Å²) >= 11 is 0. The Morgan fingerprint density at radius 2 is 1.80 bits per heavy atom. The third-order valence-electron chi connectivity index (χ3n) is 4.94. The van der Waals surface area contributed by atoms with E-state index in [2.05, 4.69) is 10.6 Å². The standard InChI is InChI=1S/C25H39N3O7/c1-8-34-20(30)11-12-26-22(31)21(19-10-9-16(2)15-17(19)3)28(13-14-29)23(32)18(4)27-24(33)35-25(5,6)7/h9-10,15,18,21,29H,8,11-14H2,1-7H3,(H,26,31)(H,27,33). The van der Waals surface area contributed by atoms with Crippen molar-refractivity contribution < 1.29 is 33.8 Å². The summed E-state index contributed by atoms with van der Waals surface area (Å²) < 4.78 is 10.1. The lowest BCUT2D eigenvalue weighted by Crippen LogP contribution is -2.52. The van der Waals surface area contributed by atoms with Crippen molar-refractivity contribution in [3.05, 3.63) is 34.9 Å². The monoisotopic (exact) mass is 493 g/mol. The third-order valence-corrected chi connectivity index (χ3v) is 4.94. The van der Waals surface area contributed by atoms with E-state index in [9.17, 15) is 24.3 Å². The maximum absolute atomic E-state index is 13.4. The number of esters is 1. The van der Waals surface area contributed by atoms with Gasteiger partial charge < -0.3 is 30.1 Å². The summed E-state index contributed by atoms with van der Waals surface area (Å²) in [6.45, 7) is 11.7. The molecule has 0 heterocycles. The van der Waals surface area contributed by atoms with Crippen LogP contribution in [-0.4, -0.2) is 71.8 Å². The first-order chi connectivity index (χ1) is 16.3. The molecule has 1 aromatic rings. The number of alkyl carbamates (subject to hydrolysis) is 1. The van der Waals surface area contributed by atoms with Crippen LogP contribution in [0.15, 0.2) is 18.2 Å². The number of nitrogens with one attached hydrogen (secondary N) is 2. The van der Waals surface area contributed by atoms with Gasteiger partial charge in [-0.3, -0.25) is 14.4 Å². The molecule has 0 aromatic heterocycles. The van der Waals surface area contributed by atoms with Crippen molar-refractivity contribution in [3.8, 4) is 0 Å². The van der Waals surface area contributed by atoms with E-state index in [1.165, 1.54) is 11.8 Å². The van der Waals surface area contributed by atoms with Crippen molar-refractivity contribution in [1.29, 1.82) is 0 Å². The molecule has 0 saturated carbocycles. The zero-order valence-corrected chi connectivity index (χ0v) is 21.8. The van der Waals surface area contributed by atoms with Crippen LogP contribution < -0.4 is 10.6 Å². The first-order valence-electron chi connectivity index (χ1n) is 11.7. The van der Waals surface area contributed by atoms with Gasteiger partial charge in [-0.1, -0.05) is 23.8 Å². The molecule has 0 aliphatic carbocycles. The second kappa shape index (κ2) is 13.7. The molecule has 0 aliphatic heterocycles. The molecular formula is C25H39N3O7. The first kappa shape index (κ1) is 29.9. The SMILES string of the molecule is CCOC(=O)CCNC(=O)C(c1ccc(C)cc1C)N(CCO)C(=O)C(C)NC(=O)OC(C)(C)C. The smallest absolute Gasteiger partial charge is 0.408 e. The topological polar surface area (TPSA) is 134 Å². The maximum Gasteiger partial charge on any atom is 0.408 e. The van der Waals surface area contributed by atoms with Gasteiger partial charge in [0.2, 0.25) is 11.8 Å².